The van der Waals surface area contributed by atoms with Gasteiger partial charge in [0.2, 0.25) is 0 Å². The molecule has 1 aliphatic heterocycles. The Balaban J connectivity index is 0.000000245. The van der Waals surface area contributed by atoms with Gasteiger partial charge in [0.1, 0.15) is 17.9 Å². The van der Waals surface area contributed by atoms with Crippen molar-refractivity contribution in [1.82, 2.24) is 0 Å². The maximum absolute atomic E-state index is 13.2. The van der Waals surface area contributed by atoms with Crippen molar-refractivity contribution in [2.24, 2.45) is 0 Å². The Morgan fingerprint density at radius 2 is 1.48 bits per heavy atom. The summed E-state index contributed by atoms with van der Waals surface area (Å²) >= 11 is 11.8. The van der Waals surface area contributed by atoms with Gasteiger partial charge in [-0.1, -0.05) is 6.07 Å². The Morgan fingerprint density at radius 3 is 1.93 bits per heavy atom. The van der Waals surface area contributed by atoms with E-state index in [4.69, 9.17) is 0 Å². The predicted octanol–water partition coefficient (Wildman–Crippen LogP) is 7.19. The number of aryl methyl sites for hydroxylation is 2. The van der Waals surface area contributed by atoms with Crippen LogP contribution in [0.5, 0.6) is 0 Å². The number of thiol groups is 2. The highest BCUT2D eigenvalue weighted by Gasteiger charge is 2.17. The standard InChI is InChI=1S/C11H13FS2.C8H7FO.C3H8S2/c1-8-5-9(7-10(12)6-8)11-13-3-2-4-14-11;1-6-2-7(5-10)4-8(9)3-6;4-2-1-3-5/h5-7,11H,2-4H2,1H3;2-5H,1H3;4-5H,1-3H2. The fourth-order valence-corrected chi connectivity index (χ4v) is 5.90. The Bertz CT molecular complexity index is 707. The molecule has 1 fully saturated rings. The smallest absolute Gasteiger partial charge is 0.150 e. The number of halogens is 2. The lowest BCUT2D eigenvalue weighted by molar-refractivity contribution is 0.112. The van der Waals surface area contributed by atoms with E-state index < -0.39 is 0 Å². The summed E-state index contributed by atoms with van der Waals surface area (Å²) in [4.78, 5) is 10.1. The number of hydrogen-bond donors (Lipinski definition) is 2. The molecule has 29 heavy (non-hydrogen) atoms. The second-order valence-electron chi connectivity index (χ2n) is 6.47. The first-order valence-electron chi connectivity index (χ1n) is 9.34. The van der Waals surface area contributed by atoms with E-state index in [2.05, 4.69) is 31.3 Å². The van der Waals surface area contributed by atoms with Crippen molar-refractivity contribution in [3.8, 4) is 0 Å². The van der Waals surface area contributed by atoms with Crippen LogP contribution in [-0.2, 0) is 0 Å². The molecule has 0 unspecified atom stereocenters. The minimum absolute atomic E-state index is 0.105. The van der Waals surface area contributed by atoms with Gasteiger partial charge >= 0.3 is 0 Å². The molecule has 1 heterocycles. The molecule has 0 bridgehead atoms. The van der Waals surface area contributed by atoms with E-state index in [1.54, 1.807) is 25.1 Å². The number of thioether (sulfide) groups is 2. The number of carbonyl (C=O) groups is 1. The Hall–Kier alpha value is -0.630. The predicted molar refractivity (Wildman–Crippen MR) is 132 cm³/mol. The van der Waals surface area contributed by atoms with Gasteiger partial charge < -0.3 is 0 Å². The highest BCUT2D eigenvalue weighted by atomic mass is 32.2. The summed E-state index contributed by atoms with van der Waals surface area (Å²) in [6.07, 6.45) is 3.03. The van der Waals surface area contributed by atoms with Crippen molar-refractivity contribution in [1.29, 1.82) is 0 Å². The summed E-state index contributed by atoms with van der Waals surface area (Å²) in [5.74, 6) is 3.86. The molecule has 2 aromatic carbocycles. The number of carbonyl (C=O) groups excluding carboxylic acids is 1. The lowest BCUT2D eigenvalue weighted by atomic mass is 10.1. The molecule has 2 aromatic rings. The molecule has 0 aromatic heterocycles. The first-order valence-corrected chi connectivity index (χ1v) is 12.7. The number of benzene rings is 2. The van der Waals surface area contributed by atoms with Crippen LogP contribution in [-0.4, -0.2) is 29.3 Å². The molecular weight excluding hydrogens is 447 g/mol. The summed E-state index contributed by atoms with van der Waals surface area (Å²) in [7, 11) is 0. The number of hydrogen-bond acceptors (Lipinski definition) is 5. The largest absolute Gasteiger partial charge is 0.298 e. The zero-order valence-corrected chi connectivity index (χ0v) is 20.2. The quantitative estimate of drug-likeness (QED) is 0.361. The fourth-order valence-electron chi connectivity index (χ4n) is 2.48. The molecule has 1 aliphatic rings. The van der Waals surface area contributed by atoms with Gasteiger partial charge in [0.15, 0.2) is 0 Å². The topological polar surface area (TPSA) is 17.1 Å². The highest BCUT2D eigenvalue weighted by Crippen LogP contribution is 2.43. The van der Waals surface area contributed by atoms with E-state index in [-0.39, 0.29) is 11.6 Å². The van der Waals surface area contributed by atoms with Gasteiger partial charge in [-0.15, -0.1) is 23.5 Å². The van der Waals surface area contributed by atoms with Crippen LogP contribution in [0.4, 0.5) is 8.78 Å². The second-order valence-corrected chi connectivity index (χ2v) is 10.1. The summed E-state index contributed by atoms with van der Waals surface area (Å²) in [5, 5.41) is 0. The van der Waals surface area contributed by atoms with E-state index in [1.165, 1.54) is 30.1 Å². The molecule has 0 spiro atoms. The van der Waals surface area contributed by atoms with Crippen LogP contribution in [0.1, 0.15) is 44.5 Å². The monoisotopic (exact) mass is 474 g/mol. The summed E-state index contributed by atoms with van der Waals surface area (Å²) in [5.41, 5.74) is 3.31. The molecule has 3 rings (SSSR count). The third-order valence-corrected chi connectivity index (χ3v) is 7.33. The number of aldehydes is 1. The summed E-state index contributed by atoms with van der Waals surface area (Å²) < 4.78 is 26.1. The molecule has 0 saturated carbocycles. The van der Waals surface area contributed by atoms with Crippen molar-refractivity contribution in [3.05, 3.63) is 70.3 Å². The Kier molecular flexibility index (Phi) is 13.9. The zero-order chi connectivity index (χ0) is 21.6. The van der Waals surface area contributed by atoms with Crippen LogP contribution in [0.25, 0.3) is 0 Å². The lowest BCUT2D eigenvalue weighted by Gasteiger charge is -2.21. The molecule has 0 aliphatic carbocycles. The van der Waals surface area contributed by atoms with E-state index >= 15 is 0 Å². The van der Waals surface area contributed by atoms with Gasteiger partial charge in [-0.2, -0.15) is 25.3 Å². The summed E-state index contributed by atoms with van der Waals surface area (Å²) in [6.45, 7) is 3.70. The first-order chi connectivity index (χ1) is 13.9. The third-order valence-electron chi connectivity index (χ3n) is 3.68. The molecule has 1 nitrogen and oxygen atoms in total. The zero-order valence-electron chi connectivity index (χ0n) is 16.7. The highest BCUT2D eigenvalue weighted by molar-refractivity contribution is 8.16. The van der Waals surface area contributed by atoms with Crippen LogP contribution in [0.3, 0.4) is 0 Å². The van der Waals surface area contributed by atoms with Gasteiger partial charge in [0.25, 0.3) is 0 Å². The normalized spacial score (nSPS) is 13.6. The average Bonchev–Trinajstić information content (AvgIpc) is 2.69. The van der Waals surface area contributed by atoms with Crippen molar-refractivity contribution in [2.45, 2.75) is 31.3 Å². The van der Waals surface area contributed by atoms with Crippen LogP contribution >= 0.6 is 48.8 Å². The molecule has 1 saturated heterocycles. The van der Waals surface area contributed by atoms with Gasteiger partial charge in [0, 0.05) is 5.56 Å². The average molecular weight is 475 g/mol. The molecule has 7 heteroatoms. The van der Waals surface area contributed by atoms with E-state index in [0.29, 0.717) is 16.4 Å². The molecular formula is C22H28F2OS4. The van der Waals surface area contributed by atoms with Crippen molar-refractivity contribution in [3.63, 3.8) is 0 Å². The van der Waals surface area contributed by atoms with Crippen LogP contribution in [0.2, 0.25) is 0 Å². The fraction of sp³-hybridized carbons (Fsp3) is 0.409. The van der Waals surface area contributed by atoms with Crippen LogP contribution < -0.4 is 0 Å². The van der Waals surface area contributed by atoms with Gasteiger partial charge in [-0.25, -0.2) is 8.78 Å². The van der Waals surface area contributed by atoms with E-state index in [9.17, 15) is 13.6 Å². The Morgan fingerprint density at radius 1 is 0.931 bits per heavy atom. The van der Waals surface area contributed by atoms with Crippen molar-refractivity contribution >= 4 is 55.1 Å². The maximum Gasteiger partial charge on any atom is 0.150 e. The van der Waals surface area contributed by atoms with Crippen molar-refractivity contribution < 1.29 is 13.6 Å². The second kappa shape index (κ2) is 15.2. The number of rotatable bonds is 4. The summed E-state index contributed by atoms with van der Waals surface area (Å²) in [6, 6.07) is 9.58. The van der Waals surface area contributed by atoms with E-state index in [1.807, 2.05) is 30.4 Å². The minimum atomic E-state index is -0.359. The molecule has 0 N–H and O–H groups in total. The van der Waals surface area contributed by atoms with Crippen LogP contribution in [0, 0.1) is 25.5 Å². The minimum Gasteiger partial charge on any atom is -0.298 e. The third kappa shape index (κ3) is 11.4. The van der Waals surface area contributed by atoms with E-state index in [0.717, 1.165) is 34.6 Å². The first kappa shape index (κ1) is 26.4. The van der Waals surface area contributed by atoms with Gasteiger partial charge in [-0.3, -0.25) is 4.79 Å². The lowest BCUT2D eigenvalue weighted by Crippen LogP contribution is -2.00. The molecule has 0 radical (unpaired) electrons. The molecule has 0 amide bonds. The van der Waals surface area contributed by atoms with Crippen LogP contribution in [0.15, 0.2) is 36.4 Å². The van der Waals surface area contributed by atoms with Gasteiger partial charge in [-0.05, 0) is 96.7 Å². The molecule has 0 atom stereocenters. The maximum atomic E-state index is 13.2. The van der Waals surface area contributed by atoms with Crippen molar-refractivity contribution in [2.75, 3.05) is 23.0 Å². The SMILES string of the molecule is Cc1cc(F)cc(C2SCCCS2)c1.Cc1cc(F)cc(C=O)c1.SCCCS. The van der Waals surface area contributed by atoms with Gasteiger partial charge in [0.05, 0.1) is 4.58 Å². The molecule has 160 valence electrons. The Labute approximate surface area is 192 Å².